The lowest BCUT2D eigenvalue weighted by molar-refractivity contribution is -0.254. The zero-order valence-electron chi connectivity index (χ0n) is 18.4. The Balaban J connectivity index is 2.31. The van der Waals surface area contributed by atoms with Gasteiger partial charge in [0.15, 0.2) is 11.5 Å². The maximum Gasteiger partial charge on any atom is 0.203 e. The fourth-order valence-electron chi connectivity index (χ4n) is 3.86. The van der Waals surface area contributed by atoms with Crippen molar-refractivity contribution < 1.29 is 24.1 Å². The number of carboxylic acid groups (broad SMARTS) is 1. The predicted molar refractivity (Wildman–Crippen MR) is 120 cm³/mol. The number of para-hydroxylation sites is 1. The standard InChI is InChI=1S/C25H27NO5/c1-6-15(14-16-12-13-20(29-3)24(31-5)23(16)30-4)22-17(7-2)21(25(27)28)18-10-8-9-11-19(18)26-22/h8-14H,6-7H2,1-5H3,(H,27,28)/p-1/b15-14+. The predicted octanol–water partition coefficient (Wildman–Crippen LogP) is 4.14. The largest absolute Gasteiger partial charge is 0.545 e. The van der Waals surface area contributed by atoms with Gasteiger partial charge in [0.1, 0.15) is 0 Å². The molecule has 0 N–H and O–H groups in total. The maximum atomic E-state index is 12.1. The number of pyridine rings is 1. The number of allylic oxidation sites excluding steroid dienone is 1. The maximum absolute atomic E-state index is 12.1. The van der Waals surface area contributed by atoms with Crippen LogP contribution in [0.15, 0.2) is 36.4 Å². The lowest BCUT2D eigenvalue weighted by Gasteiger charge is -2.19. The molecule has 1 heterocycles. The fraction of sp³-hybridized carbons (Fsp3) is 0.280. The van der Waals surface area contributed by atoms with Crippen molar-refractivity contribution in [2.45, 2.75) is 26.7 Å². The fourth-order valence-corrected chi connectivity index (χ4v) is 3.86. The van der Waals surface area contributed by atoms with Crippen molar-refractivity contribution in [3.63, 3.8) is 0 Å². The van der Waals surface area contributed by atoms with Gasteiger partial charge in [0, 0.05) is 16.5 Å². The molecule has 3 rings (SSSR count). The number of benzene rings is 2. The molecular formula is C25H26NO5-. The molecule has 6 nitrogen and oxygen atoms in total. The summed E-state index contributed by atoms with van der Waals surface area (Å²) in [6.07, 6.45) is 3.11. The second kappa shape index (κ2) is 9.51. The molecule has 3 aromatic rings. The molecule has 0 aliphatic rings. The number of rotatable bonds is 8. The summed E-state index contributed by atoms with van der Waals surface area (Å²) < 4.78 is 16.5. The second-order valence-electron chi connectivity index (χ2n) is 6.92. The molecule has 6 heteroatoms. The van der Waals surface area contributed by atoms with Crippen LogP contribution in [0.2, 0.25) is 0 Å². The van der Waals surface area contributed by atoms with Crippen LogP contribution in [-0.2, 0) is 6.42 Å². The number of aromatic carboxylic acids is 1. The van der Waals surface area contributed by atoms with Crippen molar-refractivity contribution >= 4 is 28.5 Å². The minimum atomic E-state index is -1.20. The lowest BCUT2D eigenvalue weighted by atomic mass is 9.93. The number of carboxylic acids is 1. The molecule has 0 aliphatic heterocycles. The summed E-state index contributed by atoms with van der Waals surface area (Å²) in [6, 6.07) is 10.9. The van der Waals surface area contributed by atoms with Crippen molar-refractivity contribution in [1.29, 1.82) is 0 Å². The van der Waals surface area contributed by atoms with Gasteiger partial charge in [-0.1, -0.05) is 32.0 Å². The first-order chi connectivity index (χ1) is 15.0. The first-order valence-electron chi connectivity index (χ1n) is 10.1. The Morgan fingerprint density at radius 2 is 1.71 bits per heavy atom. The minimum absolute atomic E-state index is 0.196. The number of ether oxygens (including phenoxy) is 3. The van der Waals surface area contributed by atoms with E-state index in [-0.39, 0.29) is 5.56 Å². The van der Waals surface area contributed by atoms with E-state index in [4.69, 9.17) is 19.2 Å². The van der Waals surface area contributed by atoms with Crippen LogP contribution in [0.1, 0.15) is 47.4 Å². The topological polar surface area (TPSA) is 80.7 Å². The van der Waals surface area contributed by atoms with E-state index >= 15 is 0 Å². The van der Waals surface area contributed by atoms with Gasteiger partial charge in [0.2, 0.25) is 5.75 Å². The first kappa shape index (κ1) is 22.2. The summed E-state index contributed by atoms with van der Waals surface area (Å²) in [4.78, 5) is 16.9. The highest BCUT2D eigenvalue weighted by Crippen LogP contribution is 2.41. The molecule has 0 saturated carbocycles. The number of hydrogen-bond donors (Lipinski definition) is 0. The van der Waals surface area contributed by atoms with Crippen molar-refractivity contribution in [3.8, 4) is 17.2 Å². The van der Waals surface area contributed by atoms with Crippen LogP contribution < -0.4 is 19.3 Å². The molecule has 0 amide bonds. The van der Waals surface area contributed by atoms with Crippen LogP contribution in [0, 0.1) is 0 Å². The average Bonchev–Trinajstić information content (AvgIpc) is 2.80. The third kappa shape index (κ3) is 4.06. The van der Waals surface area contributed by atoms with Crippen molar-refractivity contribution in [3.05, 3.63) is 58.8 Å². The minimum Gasteiger partial charge on any atom is -0.545 e. The zero-order valence-corrected chi connectivity index (χ0v) is 18.4. The van der Waals surface area contributed by atoms with E-state index in [2.05, 4.69) is 0 Å². The van der Waals surface area contributed by atoms with E-state index in [9.17, 15) is 9.90 Å². The molecule has 31 heavy (non-hydrogen) atoms. The third-order valence-corrected chi connectivity index (χ3v) is 5.30. The number of hydrogen-bond acceptors (Lipinski definition) is 6. The second-order valence-corrected chi connectivity index (χ2v) is 6.92. The highest BCUT2D eigenvalue weighted by molar-refractivity contribution is 6.04. The Morgan fingerprint density at radius 1 is 1.00 bits per heavy atom. The first-order valence-corrected chi connectivity index (χ1v) is 10.1. The molecule has 0 fully saturated rings. The summed E-state index contributed by atoms with van der Waals surface area (Å²) in [5, 5.41) is 12.6. The van der Waals surface area contributed by atoms with Crippen LogP contribution in [-0.4, -0.2) is 32.3 Å². The van der Waals surface area contributed by atoms with E-state index in [1.54, 1.807) is 33.5 Å². The lowest BCUT2D eigenvalue weighted by Crippen LogP contribution is -2.25. The van der Waals surface area contributed by atoms with Gasteiger partial charge in [-0.15, -0.1) is 0 Å². The number of nitrogens with zero attached hydrogens (tertiary/aromatic N) is 1. The Bertz CT molecular complexity index is 1150. The van der Waals surface area contributed by atoms with Crippen LogP contribution >= 0.6 is 0 Å². The van der Waals surface area contributed by atoms with Gasteiger partial charge in [0.25, 0.3) is 0 Å². The highest BCUT2D eigenvalue weighted by Gasteiger charge is 2.19. The average molecular weight is 420 g/mol. The Kier molecular flexibility index (Phi) is 6.80. The number of fused-ring (bicyclic) bond motifs is 1. The Morgan fingerprint density at radius 3 is 2.29 bits per heavy atom. The summed E-state index contributed by atoms with van der Waals surface area (Å²) in [6.45, 7) is 3.93. The van der Waals surface area contributed by atoms with E-state index < -0.39 is 5.97 Å². The summed E-state index contributed by atoms with van der Waals surface area (Å²) in [7, 11) is 4.69. The number of carbonyl (C=O) groups excluding carboxylic acids is 1. The molecule has 162 valence electrons. The summed E-state index contributed by atoms with van der Waals surface area (Å²) in [5.74, 6) is 0.390. The Hall–Kier alpha value is -3.54. The molecule has 0 radical (unpaired) electrons. The van der Waals surface area contributed by atoms with Crippen LogP contribution in [0.5, 0.6) is 17.2 Å². The molecule has 1 aromatic heterocycles. The van der Waals surface area contributed by atoms with Gasteiger partial charge >= 0.3 is 0 Å². The van der Waals surface area contributed by atoms with Gasteiger partial charge in [-0.3, -0.25) is 0 Å². The molecule has 0 atom stereocenters. The molecule has 0 unspecified atom stereocenters. The molecule has 0 bridgehead atoms. The quantitative estimate of drug-likeness (QED) is 0.545. The van der Waals surface area contributed by atoms with Crippen molar-refractivity contribution in [2.75, 3.05) is 21.3 Å². The Labute approximate surface area is 182 Å². The van der Waals surface area contributed by atoms with Crippen LogP contribution in [0.25, 0.3) is 22.6 Å². The molecule has 2 aromatic carbocycles. The van der Waals surface area contributed by atoms with E-state index in [1.165, 1.54) is 0 Å². The van der Waals surface area contributed by atoms with Gasteiger partial charge in [-0.2, -0.15) is 0 Å². The smallest absolute Gasteiger partial charge is 0.203 e. The van der Waals surface area contributed by atoms with E-state index in [0.29, 0.717) is 52.3 Å². The SMILES string of the molecule is CC/C(=C\c1ccc(OC)c(OC)c1OC)c1nc2ccccc2c(C(=O)[O-])c1CC. The molecular weight excluding hydrogens is 394 g/mol. The number of aromatic nitrogens is 1. The molecule has 0 aliphatic carbocycles. The van der Waals surface area contributed by atoms with E-state index in [1.807, 2.05) is 44.2 Å². The summed E-state index contributed by atoms with van der Waals surface area (Å²) in [5.41, 5.74) is 3.79. The van der Waals surface area contributed by atoms with Crippen molar-refractivity contribution in [1.82, 2.24) is 4.98 Å². The molecule has 0 saturated heterocycles. The van der Waals surface area contributed by atoms with Gasteiger partial charge in [-0.05, 0) is 48.3 Å². The van der Waals surface area contributed by atoms with Crippen LogP contribution in [0.3, 0.4) is 0 Å². The van der Waals surface area contributed by atoms with Gasteiger partial charge in [0.05, 0.1) is 38.5 Å². The van der Waals surface area contributed by atoms with Crippen molar-refractivity contribution in [2.24, 2.45) is 0 Å². The van der Waals surface area contributed by atoms with Gasteiger partial charge in [-0.25, -0.2) is 4.98 Å². The number of carbonyl (C=O) groups is 1. The summed E-state index contributed by atoms with van der Waals surface area (Å²) >= 11 is 0. The van der Waals surface area contributed by atoms with Gasteiger partial charge < -0.3 is 24.1 Å². The third-order valence-electron chi connectivity index (χ3n) is 5.30. The van der Waals surface area contributed by atoms with E-state index in [0.717, 1.165) is 11.1 Å². The normalized spacial score (nSPS) is 11.5. The number of methoxy groups -OCH3 is 3. The zero-order chi connectivity index (χ0) is 22.5. The molecule has 0 spiro atoms. The highest BCUT2D eigenvalue weighted by atomic mass is 16.5. The van der Waals surface area contributed by atoms with Crippen LogP contribution in [0.4, 0.5) is 0 Å². The monoisotopic (exact) mass is 420 g/mol.